The van der Waals surface area contributed by atoms with Crippen molar-refractivity contribution in [2.24, 2.45) is 0 Å². The molecule has 1 heterocycles. The van der Waals surface area contributed by atoms with Crippen molar-refractivity contribution >= 4 is 34.6 Å². The Hall–Kier alpha value is -3.03. The highest BCUT2D eigenvalue weighted by molar-refractivity contribution is 6.32. The number of carbonyl (C=O) groups excluding carboxylic acids is 1. The molecule has 1 amide bonds. The summed E-state index contributed by atoms with van der Waals surface area (Å²) in [6, 6.07) is 12.3. The number of nitrogens with zero attached hydrogens (tertiary/aromatic N) is 2. The number of carbonyl (C=O) groups is 1. The molecule has 4 nitrogen and oxygen atoms in total. The van der Waals surface area contributed by atoms with Crippen LogP contribution in [-0.2, 0) is 6.42 Å². The minimum Gasteiger partial charge on any atom is -0.396 e. The van der Waals surface area contributed by atoms with Gasteiger partial charge in [0.05, 0.1) is 16.3 Å². The lowest BCUT2D eigenvalue weighted by molar-refractivity contribution is 0.0982. The lowest BCUT2D eigenvalue weighted by Gasteiger charge is -2.39. The first-order chi connectivity index (χ1) is 15.7. The summed E-state index contributed by atoms with van der Waals surface area (Å²) in [4.78, 5) is 16.7. The van der Waals surface area contributed by atoms with E-state index in [1.54, 1.807) is 28.9 Å². The molecule has 0 bridgehead atoms. The standard InChI is InChI=1S/C25H22ClF3N2O2/c1-14-9-16(7-8-32)3-5-22(14)31-13-30(21-6-4-17(27)10-15(21)2)23-12-18(24(28)29)20(26)11-19(23)25(31)33/h3-6,9-12,24,32H,7-8,13H2,1-2H3. The molecule has 0 saturated carbocycles. The minimum atomic E-state index is -2.81. The maximum Gasteiger partial charge on any atom is 0.265 e. The fourth-order valence-corrected chi connectivity index (χ4v) is 4.43. The highest BCUT2D eigenvalue weighted by Crippen LogP contribution is 2.42. The Balaban J connectivity index is 1.89. The van der Waals surface area contributed by atoms with Crippen LogP contribution in [0.3, 0.4) is 0 Å². The second-order valence-electron chi connectivity index (χ2n) is 8.02. The largest absolute Gasteiger partial charge is 0.396 e. The van der Waals surface area contributed by atoms with E-state index in [0.29, 0.717) is 29.0 Å². The van der Waals surface area contributed by atoms with Crippen molar-refractivity contribution in [3.05, 3.63) is 87.2 Å². The Kier molecular flexibility index (Phi) is 6.36. The molecule has 1 aliphatic rings. The normalized spacial score (nSPS) is 13.6. The number of rotatable bonds is 5. The van der Waals surface area contributed by atoms with E-state index in [4.69, 9.17) is 11.6 Å². The molecule has 1 N–H and O–H groups in total. The van der Waals surface area contributed by atoms with Crippen LogP contribution in [0.2, 0.25) is 5.02 Å². The van der Waals surface area contributed by atoms with Gasteiger partial charge in [0.25, 0.3) is 12.3 Å². The average Bonchev–Trinajstić information content (AvgIpc) is 2.75. The summed E-state index contributed by atoms with van der Waals surface area (Å²) in [5.41, 5.74) is 3.69. The fourth-order valence-electron chi connectivity index (χ4n) is 4.19. The van der Waals surface area contributed by atoms with Gasteiger partial charge >= 0.3 is 0 Å². The first-order valence-electron chi connectivity index (χ1n) is 10.4. The SMILES string of the molecule is Cc1cc(CCO)ccc1N1CN(c2ccc(F)cc2C)c2cc(C(F)F)c(Cl)cc2C1=O. The number of hydrogen-bond acceptors (Lipinski definition) is 3. The first-order valence-corrected chi connectivity index (χ1v) is 10.8. The van der Waals surface area contributed by atoms with Crippen LogP contribution in [0.5, 0.6) is 0 Å². The third-order valence-electron chi connectivity index (χ3n) is 5.80. The molecule has 0 unspecified atom stereocenters. The summed E-state index contributed by atoms with van der Waals surface area (Å²) < 4.78 is 40.9. The van der Waals surface area contributed by atoms with Crippen LogP contribution >= 0.6 is 11.6 Å². The van der Waals surface area contributed by atoms with Crippen molar-refractivity contribution < 1.29 is 23.1 Å². The molecule has 3 aromatic rings. The van der Waals surface area contributed by atoms with E-state index in [2.05, 4.69) is 0 Å². The van der Waals surface area contributed by atoms with Crippen molar-refractivity contribution in [2.45, 2.75) is 26.7 Å². The maximum atomic E-state index is 13.8. The average molecular weight is 475 g/mol. The molecular formula is C25H22ClF3N2O2. The first kappa shape index (κ1) is 23.1. The van der Waals surface area contributed by atoms with Gasteiger partial charge in [-0.1, -0.05) is 23.7 Å². The molecular weight excluding hydrogens is 453 g/mol. The van der Waals surface area contributed by atoms with Gasteiger partial charge < -0.3 is 10.0 Å². The van der Waals surface area contributed by atoms with Crippen LogP contribution in [0, 0.1) is 19.7 Å². The summed E-state index contributed by atoms with van der Waals surface area (Å²) in [6.45, 7) is 3.64. The van der Waals surface area contributed by atoms with E-state index in [9.17, 15) is 23.1 Å². The summed E-state index contributed by atoms with van der Waals surface area (Å²) in [6.07, 6.45) is -2.32. The predicted molar refractivity (Wildman–Crippen MR) is 123 cm³/mol. The molecule has 0 spiro atoms. The summed E-state index contributed by atoms with van der Waals surface area (Å²) in [7, 11) is 0. The molecule has 0 atom stereocenters. The Bertz CT molecular complexity index is 1230. The van der Waals surface area contributed by atoms with Crippen molar-refractivity contribution in [2.75, 3.05) is 23.1 Å². The number of benzene rings is 3. The number of hydrogen-bond donors (Lipinski definition) is 1. The lowest BCUT2D eigenvalue weighted by atomic mass is 10.0. The zero-order chi connectivity index (χ0) is 23.9. The number of aliphatic hydroxyl groups excluding tert-OH is 1. The van der Waals surface area contributed by atoms with Crippen molar-refractivity contribution in [3.8, 4) is 0 Å². The molecule has 172 valence electrons. The molecule has 0 aliphatic carbocycles. The Morgan fingerprint density at radius 3 is 2.27 bits per heavy atom. The van der Waals surface area contributed by atoms with Crippen LogP contribution in [0.25, 0.3) is 0 Å². The zero-order valence-electron chi connectivity index (χ0n) is 18.1. The van der Waals surface area contributed by atoms with Crippen LogP contribution in [-0.4, -0.2) is 24.3 Å². The molecule has 3 aromatic carbocycles. The van der Waals surface area contributed by atoms with E-state index in [0.717, 1.165) is 11.1 Å². The molecule has 8 heteroatoms. The predicted octanol–water partition coefficient (Wildman–Crippen LogP) is 6.32. The smallest absolute Gasteiger partial charge is 0.265 e. The molecule has 0 radical (unpaired) electrons. The van der Waals surface area contributed by atoms with Gasteiger partial charge in [-0.25, -0.2) is 13.2 Å². The van der Waals surface area contributed by atoms with Gasteiger partial charge in [-0.2, -0.15) is 0 Å². The van der Waals surface area contributed by atoms with Gasteiger partial charge in [-0.05, 0) is 73.4 Å². The van der Waals surface area contributed by atoms with E-state index in [1.165, 1.54) is 24.3 Å². The summed E-state index contributed by atoms with van der Waals surface area (Å²) in [5, 5.41) is 9.02. The van der Waals surface area contributed by atoms with Gasteiger partial charge in [0.2, 0.25) is 0 Å². The third kappa shape index (κ3) is 4.30. The molecule has 0 aromatic heterocycles. The zero-order valence-corrected chi connectivity index (χ0v) is 18.8. The van der Waals surface area contributed by atoms with Crippen LogP contribution < -0.4 is 9.80 Å². The Morgan fingerprint density at radius 2 is 1.64 bits per heavy atom. The van der Waals surface area contributed by atoms with Crippen LogP contribution in [0.4, 0.5) is 30.2 Å². The Morgan fingerprint density at radius 1 is 0.970 bits per heavy atom. The van der Waals surface area contributed by atoms with Crippen molar-refractivity contribution in [3.63, 3.8) is 0 Å². The topological polar surface area (TPSA) is 43.8 Å². The monoisotopic (exact) mass is 474 g/mol. The lowest BCUT2D eigenvalue weighted by Crippen LogP contribution is -2.45. The highest BCUT2D eigenvalue weighted by atomic mass is 35.5. The van der Waals surface area contributed by atoms with Crippen molar-refractivity contribution in [1.29, 1.82) is 0 Å². The van der Waals surface area contributed by atoms with E-state index in [-0.39, 0.29) is 35.3 Å². The molecule has 0 saturated heterocycles. The number of alkyl halides is 2. The van der Waals surface area contributed by atoms with E-state index >= 15 is 0 Å². The van der Waals surface area contributed by atoms with Gasteiger partial charge in [0, 0.05) is 23.5 Å². The van der Waals surface area contributed by atoms with Gasteiger partial charge in [-0.3, -0.25) is 9.69 Å². The number of fused-ring (bicyclic) bond motifs is 1. The van der Waals surface area contributed by atoms with Crippen molar-refractivity contribution in [1.82, 2.24) is 0 Å². The number of anilines is 3. The molecule has 1 aliphatic heterocycles. The summed E-state index contributed by atoms with van der Waals surface area (Å²) >= 11 is 6.11. The van der Waals surface area contributed by atoms with E-state index in [1.807, 2.05) is 19.1 Å². The number of aliphatic hydroxyl groups is 1. The van der Waals surface area contributed by atoms with Crippen LogP contribution in [0.15, 0.2) is 48.5 Å². The fraction of sp³-hybridized carbons (Fsp3) is 0.240. The van der Waals surface area contributed by atoms with Gasteiger partial charge in [0.15, 0.2) is 0 Å². The Labute approximate surface area is 194 Å². The quantitative estimate of drug-likeness (QED) is 0.470. The number of aryl methyl sites for hydroxylation is 2. The maximum absolute atomic E-state index is 13.8. The minimum absolute atomic E-state index is 0.0113. The number of amides is 1. The number of halogens is 4. The second kappa shape index (κ2) is 9.08. The molecule has 4 rings (SSSR count). The van der Waals surface area contributed by atoms with Gasteiger partial charge in [0.1, 0.15) is 12.5 Å². The molecule has 0 fully saturated rings. The van der Waals surface area contributed by atoms with E-state index < -0.39 is 12.2 Å². The second-order valence-corrected chi connectivity index (χ2v) is 8.43. The third-order valence-corrected chi connectivity index (χ3v) is 6.13. The van der Waals surface area contributed by atoms with Crippen LogP contribution in [0.1, 0.15) is 39.0 Å². The molecule has 33 heavy (non-hydrogen) atoms. The highest BCUT2D eigenvalue weighted by Gasteiger charge is 2.34. The van der Waals surface area contributed by atoms with Gasteiger partial charge in [-0.15, -0.1) is 0 Å². The summed E-state index contributed by atoms with van der Waals surface area (Å²) in [5.74, 6) is -0.789.